The molecule has 0 atom stereocenters. The fourth-order valence-electron chi connectivity index (χ4n) is 2.46. The Kier molecular flexibility index (Phi) is 12.3. The molecule has 0 radical (unpaired) electrons. The molecule has 1 fully saturated rings. The summed E-state index contributed by atoms with van der Waals surface area (Å²) >= 11 is 0. The van der Waals surface area contributed by atoms with Crippen LogP contribution in [0.15, 0.2) is 4.99 Å². The summed E-state index contributed by atoms with van der Waals surface area (Å²) < 4.78 is 10.4. The molecule has 1 rings (SSSR count). The minimum Gasteiger partial charge on any atom is -0.382 e. The summed E-state index contributed by atoms with van der Waals surface area (Å²) in [4.78, 5) is 7.13. The summed E-state index contributed by atoms with van der Waals surface area (Å²) in [5.74, 6) is 1.07. The summed E-state index contributed by atoms with van der Waals surface area (Å²) in [7, 11) is 1.69. The molecular formula is C16H34IN3O2. The molecule has 0 aliphatic carbocycles. The van der Waals surface area contributed by atoms with Gasteiger partial charge in [-0.05, 0) is 31.6 Å². The molecule has 0 spiro atoms. The molecule has 1 saturated heterocycles. The van der Waals surface area contributed by atoms with Gasteiger partial charge in [-0.2, -0.15) is 0 Å². The van der Waals surface area contributed by atoms with Crippen LogP contribution < -0.4 is 5.32 Å². The van der Waals surface area contributed by atoms with Crippen molar-refractivity contribution < 1.29 is 9.47 Å². The maximum absolute atomic E-state index is 5.46. The summed E-state index contributed by atoms with van der Waals surface area (Å²) in [5, 5.41) is 3.41. The first-order valence-corrected chi connectivity index (χ1v) is 8.19. The quantitative estimate of drug-likeness (QED) is 0.266. The van der Waals surface area contributed by atoms with Crippen molar-refractivity contribution in [2.24, 2.45) is 10.4 Å². The normalized spacial score (nSPS) is 17.5. The molecule has 132 valence electrons. The Morgan fingerprint density at radius 2 is 2.00 bits per heavy atom. The second-order valence-electron chi connectivity index (χ2n) is 6.38. The molecule has 1 aliphatic rings. The lowest BCUT2D eigenvalue weighted by Crippen LogP contribution is -2.40. The van der Waals surface area contributed by atoms with E-state index in [1.165, 1.54) is 6.42 Å². The van der Waals surface area contributed by atoms with E-state index in [2.05, 4.69) is 31.0 Å². The van der Waals surface area contributed by atoms with Gasteiger partial charge in [0.05, 0.1) is 13.2 Å². The lowest BCUT2D eigenvalue weighted by Gasteiger charge is -2.23. The predicted molar refractivity (Wildman–Crippen MR) is 103 cm³/mol. The average molecular weight is 427 g/mol. The first-order chi connectivity index (χ1) is 10.1. The number of unbranched alkanes of at least 4 members (excludes halogenated alkanes) is 1. The van der Waals surface area contributed by atoms with E-state index in [9.17, 15) is 0 Å². The highest BCUT2D eigenvalue weighted by Gasteiger charge is 2.30. The molecule has 6 heteroatoms. The van der Waals surface area contributed by atoms with Crippen LogP contribution in [0.1, 0.15) is 40.0 Å². The Morgan fingerprint density at radius 1 is 1.23 bits per heavy atom. The van der Waals surface area contributed by atoms with Crippen molar-refractivity contribution in [3.63, 3.8) is 0 Å². The molecule has 1 heterocycles. The van der Waals surface area contributed by atoms with Gasteiger partial charge < -0.3 is 19.7 Å². The highest BCUT2D eigenvalue weighted by molar-refractivity contribution is 14.0. The topological polar surface area (TPSA) is 46.1 Å². The van der Waals surface area contributed by atoms with Gasteiger partial charge in [0.25, 0.3) is 0 Å². The first kappa shape index (κ1) is 21.9. The van der Waals surface area contributed by atoms with Crippen LogP contribution in [0, 0.1) is 5.41 Å². The number of hydrogen-bond donors (Lipinski definition) is 1. The molecule has 22 heavy (non-hydrogen) atoms. The Balaban J connectivity index is 0.00000441. The third-order valence-electron chi connectivity index (χ3n) is 3.70. The van der Waals surface area contributed by atoms with Gasteiger partial charge in [-0.25, -0.2) is 0 Å². The van der Waals surface area contributed by atoms with Crippen molar-refractivity contribution >= 4 is 29.9 Å². The summed E-state index contributed by atoms with van der Waals surface area (Å²) in [6, 6.07) is 0. The highest BCUT2D eigenvalue weighted by Crippen LogP contribution is 2.28. The van der Waals surface area contributed by atoms with E-state index in [0.717, 1.165) is 51.6 Å². The second kappa shape index (κ2) is 12.4. The highest BCUT2D eigenvalue weighted by atomic mass is 127. The molecule has 0 bridgehead atoms. The summed E-state index contributed by atoms with van der Waals surface area (Å²) in [6.07, 6.45) is 3.36. The monoisotopic (exact) mass is 427 g/mol. The molecule has 1 N–H and O–H groups in total. The number of methoxy groups -OCH3 is 1. The van der Waals surface area contributed by atoms with E-state index in [-0.39, 0.29) is 24.0 Å². The van der Waals surface area contributed by atoms with Gasteiger partial charge in [-0.15, -0.1) is 24.0 Å². The van der Waals surface area contributed by atoms with Gasteiger partial charge in [-0.3, -0.25) is 4.99 Å². The smallest absolute Gasteiger partial charge is 0.193 e. The molecule has 0 amide bonds. The van der Waals surface area contributed by atoms with Crippen molar-refractivity contribution in [2.75, 3.05) is 53.1 Å². The average Bonchev–Trinajstić information content (AvgIpc) is 2.81. The first-order valence-electron chi connectivity index (χ1n) is 8.19. The van der Waals surface area contributed by atoms with Gasteiger partial charge in [0, 0.05) is 39.9 Å². The third-order valence-corrected chi connectivity index (χ3v) is 3.70. The van der Waals surface area contributed by atoms with E-state index in [4.69, 9.17) is 14.5 Å². The molecule has 0 aromatic carbocycles. The van der Waals surface area contributed by atoms with E-state index >= 15 is 0 Å². The van der Waals surface area contributed by atoms with E-state index < -0.39 is 0 Å². The number of nitrogens with zero attached hydrogens (tertiary/aromatic N) is 2. The van der Waals surface area contributed by atoms with Crippen LogP contribution in [0.5, 0.6) is 0 Å². The number of ether oxygens (including phenoxy) is 2. The SMILES string of the molecule is CCNC(=NCCCCOCCOC)N1CCC(C)(C)C1.I. The van der Waals surface area contributed by atoms with E-state index in [0.29, 0.717) is 18.6 Å². The van der Waals surface area contributed by atoms with Crippen molar-refractivity contribution in [1.82, 2.24) is 10.2 Å². The van der Waals surface area contributed by atoms with Crippen LogP contribution in [0.25, 0.3) is 0 Å². The number of aliphatic imine (C=N–C) groups is 1. The summed E-state index contributed by atoms with van der Waals surface area (Å²) in [6.45, 7) is 12.9. The zero-order valence-corrected chi connectivity index (χ0v) is 17.0. The number of guanidine groups is 1. The van der Waals surface area contributed by atoms with Gasteiger partial charge in [-0.1, -0.05) is 13.8 Å². The molecular weight excluding hydrogens is 393 g/mol. The number of halogens is 1. The number of rotatable bonds is 9. The summed E-state index contributed by atoms with van der Waals surface area (Å²) in [5.41, 5.74) is 0.408. The molecule has 0 unspecified atom stereocenters. The van der Waals surface area contributed by atoms with E-state index in [1.54, 1.807) is 7.11 Å². The Hall–Kier alpha value is -0.0800. The maximum Gasteiger partial charge on any atom is 0.193 e. The Bertz CT molecular complexity index is 312. The van der Waals surface area contributed by atoms with Crippen LogP contribution in [0.4, 0.5) is 0 Å². The molecule has 0 saturated carbocycles. The molecule has 1 aliphatic heterocycles. The van der Waals surface area contributed by atoms with Crippen LogP contribution >= 0.6 is 24.0 Å². The zero-order chi connectivity index (χ0) is 15.6. The zero-order valence-electron chi connectivity index (χ0n) is 14.7. The maximum atomic E-state index is 5.46. The van der Waals surface area contributed by atoms with Gasteiger partial charge in [0.1, 0.15) is 0 Å². The van der Waals surface area contributed by atoms with Crippen molar-refractivity contribution in [3.8, 4) is 0 Å². The number of nitrogens with one attached hydrogen (secondary N) is 1. The van der Waals surface area contributed by atoms with E-state index in [1.807, 2.05) is 0 Å². The van der Waals surface area contributed by atoms with Crippen molar-refractivity contribution in [2.45, 2.75) is 40.0 Å². The van der Waals surface area contributed by atoms with Crippen molar-refractivity contribution in [3.05, 3.63) is 0 Å². The van der Waals surface area contributed by atoms with Crippen molar-refractivity contribution in [1.29, 1.82) is 0 Å². The minimum atomic E-state index is 0. The van der Waals surface area contributed by atoms with Gasteiger partial charge >= 0.3 is 0 Å². The van der Waals surface area contributed by atoms with Crippen LogP contribution in [-0.2, 0) is 9.47 Å². The standard InChI is InChI=1S/C16H33N3O2.HI/c1-5-17-15(19-10-8-16(2,3)14-19)18-9-6-7-11-21-13-12-20-4;/h5-14H2,1-4H3,(H,17,18);1H. The lowest BCUT2D eigenvalue weighted by molar-refractivity contribution is 0.0690. The van der Waals surface area contributed by atoms with Gasteiger partial charge in [0.2, 0.25) is 0 Å². The fraction of sp³-hybridized carbons (Fsp3) is 0.938. The lowest BCUT2D eigenvalue weighted by atomic mass is 9.93. The molecule has 5 nitrogen and oxygen atoms in total. The van der Waals surface area contributed by atoms with Crippen LogP contribution in [-0.4, -0.2) is 64.0 Å². The van der Waals surface area contributed by atoms with Crippen LogP contribution in [0.3, 0.4) is 0 Å². The second-order valence-corrected chi connectivity index (χ2v) is 6.38. The Morgan fingerprint density at radius 3 is 2.59 bits per heavy atom. The third kappa shape index (κ3) is 9.15. The Labute approximate surface area is 153 Å². The largest absolute Gasteiger partial charge is 0.382 e. The fourth-order valence-corrected chi connectivity index (χ4v) is 2.46. The molecule has 0 aromatic heterocycles. The van der Waals surface area contributed by atoms with Crippen LogP contribution in [0.2, 0.25) is 0 Å². The number of likely N-dealkylation sites (tertiary alicyclic amines) is 1. The number of hydrogen-bond acceptors (Lipinski definition) is 3. The van der Waals surface area contributed by atoms with Gasteiger partial charge in [0.15, 0.2) is 5.96 Å². The molecule has 0 aromatic rings. The predicted octanol–water partition coefficient (Wildman–Crippen LogP) is 2.75. The minimum absolute atomic E-state index is 0.